The molecule has 0 radical (unpaired) electrons. The van der Waals surface area contributed by atoms with Crippen molar-refractivity contribution in [1.82, 2.24) is 4.72 Å². The van der Waals surface area contributed by atoms with Crippen LogP contribution >= 0.6 is 11.3 Å². The van der Waals surface area contributed by atoms with E-state index in [0.717, 1.165) is 37.0 Å². The molecule has 108 valence electrons. The lowest BCUT2D eigenvalue weighted by Crippen LogP contribution is -2.32. The summed E-state index contributed by atoms with van der Waals surface area (Å²) in [6, 6.07) is 2.49. The van der Waals surface area contributed by atoms with Gasteiger partial charge in [-0.1, -0.05) is 26.2 Å². The Bertz CT molecular complexity index is 522. The zero-order chi connectivity index (χ0) is 14.5. The number of hydrogen-bond donors (Lipinski definition) is 2. The summed E-state index contributed by atoms with van der Waals surface area (Å²) in [5.41, 5.74) is 0. The maximum atomic E-state index is 12.0. The number of rotatable bonds is 8. The second-order valence-corrected chi connectivity index (χ2v) is 7.47. The summed E-state index contributed by atoms with van der Waals surface area (Å²) < 4.78 is 26.7. The summed E-state index contributed by atoms with van der Waals surface area (Å²) in [6.45, 7) is 3.91. The minimum atomic E-state index is -3.60. The third-order valence-electron chi connectivity index (χ3n) is 2.65. The third kappa shape index (κ3) is 4.93. The molecule has 1 heterocycles. The predicted octanol–water partition coefficient (Wildman–Crippen LogP) is 2.69. The number of sulfonamides is 1. The molecular formula is C12H19NO4S2. The number of thiophene rings is 1. The van der Waals surface area contributed by atoms with E-state index in [2.05, 4.69) is 11.6 Å². The van der Waals surface area contributed by atoms with E-state index in [1.54, 1.807) is 0 Å². The van der Waals surface area contributed by atoms with E-state index in [-0.39, 0.29) is 15.1 Å². The van der Waals surface area contributed by atoms with Crippen LogP contribution in [0.1, 0.15) is 49.2 Å². The molecule has 0 aromatic carbocycles. The molecular weight excluding hydrogens is 286 g/mol. The molecule has 0 aliphatic heterocycles. The van der Waals surface area contributed by atoms with E-state index in [4.69, 9.17) is 5.11 Å². The van der Waals surface area contributed by atoms with Gasteiger partial charge in [0.05, 0.1) is 0 Å². The first-order chi connectivity index (χ1) is 8.86. The average molecular weight is 305 g/mol. The Morgan fingerprint density at radius 2 is 2.11 bits per heavy atom. The number of carboxylic acid groups (broad SMARTS) is 1. The Hall–Kier alpha value is -0.920. The Morgan fingerprint density at radius 3 is 2.63 bits per heavy atom. The van der Waals surface area contributed by atoms with Gasteiger partial charge in [0.1, 0.15) is 9.09 Å². The molecule has 0 aliphatic rings. The van der Waals surface area contributed by atoms with Crippen LogP contribution in [0.5, 0.6) is 0 Å². The number of aromatic carboxylic acids is 1. The van der Waals surface area contributed by atoms with Crippen molar-refractivity contribution >= 4 is 27.3 Å². The average Bonchev–Trinajstić information content (AvgIpc) is 2.78. The van der Waals surface area contributed by atoms with Gasteiger partial charge in [0, 0.05) is 6.04 Å². The molecule has 5 nitrogen and oxygen atoms in total. The fraction of sp³-hybridized carbons (Fsp3) is 0.583. The molecule has 0 aliphatic carbocycles. The number of nitrogens with one attached hydrogen (secondary N) is 1. The Balaban J connectivity index is 2.66. The normalized spacial score (nSPS) is 13.4. The second kappa shape index (κ2) is 7.02. The highest BCUT2D eigenvalue weighted by Gasteiger charge is 2.20. The van der Waals surface area contributed by atoms with Crippen LogP contribution in [0.4, 0.5) is 0 Å². The van der Waals surface area contributed by atoms with Crippen molar-refractivity contribution in [2.45, 2.75) is 49.8 Å². The van der Waals surface area contributed by atoms with Crippen LogP contribution < -0.4 is 4.72 Å². The number of unbranched alkanes of at least 4 members (excludes halogenated alkanes) is 2. The molecule has 0 saturated heterocycles. The van der Waals surface area contributed by atoms with Gasteiger partial charge in [-0.3, -0.25) is 0 Å². The summed E-state index contributed by atoms with van der Waals surface area (Å²) in [4.78, 5) is 10.8. The lowest BCUT2D eigenvalue weighted by molar-refractivity contribution is 0.0702. The minimum Gasteiger partial charge on any atom is -0.477 e. The highest BCUT2D eigenvalue weighted by molar-refractivity contribution is 7.91. The molecule has 0 saturated carbocycles. The van der Waals surface area contributed by atoms with Crippen LogP contribution in [0, 0.1) is 0 Å². The van der Waals surface area contributed by atoms with Crippen LogP contribution in [0.15, 0.2) is 16.3 Å². The van der Waals surface area contributed by atoms with Crippen LogP contribution in [-0.2, 0) is 10.0 Å². The lowest BCUT2D eigenvalue weighted by Gasteiger charge is -2.12. The summed E-state index contributed by atoms with van der Waals surface area (Å²) in [5.74, 6) is -1.11. The molecule has 1 unspecified atom stereocenters. The number of hydrogen-bond acceptors (Lipinski definition) is 4. The van der Waals surface area contributed by atoms with Crippen molar-refractivity contribution in [3.05, 3.63) is 17.0 Å². The molecule has 0 fully saturated rings. The molecule has 0 amide bonds. The summed E-state index contributed by atoms with van der Waals surface area (Å²) >= 11 is 0.768. The van der Waals surface area contributed by atoms with Crippen molar-refractivity contribution in [3.8, 4) is 0 Å². The van der Waals surface area contributed by atoms with E-state index in [1.807, 2.05) is 6.92 Å². The molecule has 0 spiro atoms. The van der Waals surface area contributed by atoms with Gasteiger partial charge in [-0.05, 0) is 25.5 Å². The van der Waals surface area contributed by atoms with E-state index >= 15 is 0 Å². The van der Waals surface area contributed by atoms with E-state index in [0.29, 0.717) is 0 Å². The molecule has 1 atom stereocenters. The molecule has 0 bridgehead atoms. The molecule has 2 N–H and O–H groups in total. The Labute approximate surface area is 117 Å². The van der Waals surface area contributed by atoms with Crippen LogP contribution in [0.25, 0.3) is 0 Å². The third-order valence-corrected chi connectivity index (χ3v) is 5.81. The highest BCUT2D eigenvalue weighted by Crippen LogP contribution is 2.22. The highest BCUT2D eigenvalue weighted by atomic mass is 32.2. The first kappa shape index (κ1) is 16.1. The molecule has 1 aromatic rings. The Kier molecular flexibility index (Phi) is 5.96. The largest absolute Gasteiger partial charge is 0.477 e. The van der Waals surface area contributed by atoms with Gasteiger partial charge in [0.15, 0.2) is 0 Å². The molecule has 7 heteroatoms. The topological polar surface area (TPSA) is 83.5 Å². The van der Waals surface area contributed by atoms with Gasteiger partial charge in [-0.25, -0.2) is 17.9 Å². The minimum absolute atomic E-state index is 0.0269. The monoisotopic (exact) mass is 305 g/mol. The van der Waals surface area contributed by atoms with E-state index in [9.17, 15) is 13.2 Å². The fourth-order valence-corrected chi connectivity index (χ4v) is 4.10. The lowest BCUT2D eigenvalue weighted by atomic mass is 10.1. The van der Waals surface area contributed by atoms with Gasteiger partial charge < -0.3 is 5.11 Å². The maximum Gasteiger partial charge on any atom is 0.345 e. The zero-order valence-electron chi connectivity index (χ0n) is 11.0. The van der Waals surface area contributed by atoms with Crippen molar-refractivity contribution in [2.75, 3.05) is 0 Å². The van der Waals surface area contributed by atoms with Crippen LogP contribution in [0.3, 0.4) is 0 Å². The van der Waals surface area contributed by atoms with Crippen LogP contribution in [-0.4, -0.2) is 25.5 Å². The number of carbonyl (C=O) groups is 1. The number of carboxylic acids is 1. The molecule has 1 rings (SSSR count). The SMILES string of the molecule is CCCCCC(C)NS(=O)(=O)c1ccc(C(=O)O)s1. The van der Waals surface area contributed by atoms with Crippen molar-refractivity contribution < 1.29 is 18.3 Å². The van der Waals surface area contributed by atoms with Gasteiger partial charge in [0.2, 0.25) is 10.0 Å². The van der Waals surface area contributed by atoms with E-state index < -0.39 is 16.0 Å². The second-order valence-electron chi connectivity index (χ2n) is 4.44. The van der Waals surface area contributed by atoms with Gasteiger partial charge in [-0.15, -0.1) is 11.3 Å². The summed E-state index contributed by atoms with van der Waals surface area (Å²) in [7, 11) is -3.60. The maximum absolute atomic E-state index is 12.0. The predicted molar refractivity (Wildman–Crippen MR) is 75.2 cm³/mol. The quantitative estimate of drug-likeness (QED) is 0.723. The van der Waals surface area contributed by atoms with Crippen molar-refractivity contribution in [1.29, 1.82) is 0 Å². The molecule has 19 heavy (non-hydrogen) atoms. The van der Waals surface area contributed by atoms with Crippen LogP contribution in [0.2, 0.25) is 0 Å². The van der Waals surface area contributed by atoms with Gasteiger partial charge in [0.25, 0.3) is 0 Å². The van der Waals surface area contributed by atoms with Gasteiger partial charge in [-0.2, -0.15) is 0 Å². The summed E-state index contributed by atoms with van der Waals surface area (Å²) in [6.07, 6.45) is 3.93. The zero-order valence-corrected chi connectivity index (χ0v) is 12.7. The van der Waals surface area contributed by atoms with Crippen molar-refractivity contribution in [3.63, 3.8) is 0 Å². The fourth-order valence-electron chi connectivity index (χ4n) is 1.66. The first-order valence-electron chi connectivity index (χ1n) is 6.22. The standard InChI is InChI=1S/C12H19NO4S2/c1-3-4-5-6-9(2)13-19(16,17)11-8-7-10(18-11)12(14)15/h7-9,13H,3-6H2,1-2H3,(H,14,15). The summed E-state index contributed by atoms with van der Waals surface area (Å²) in [5, 5.41) is 8.78. The Morgan fingerprint density at radius 1 is 1.42 bits per heavy atom. The van der Waals surface area contributed by atoms with Crippen molar-refractivity contribution in [2.24, 2.45) is 0 Å². The first-order valence-corrected chi connectivity index (χ1v) is 8.52. The van der Waals surface area contributed by atoms with Gasteiger partial charge >= 0.3 is 5.97 Å². The smallest absolute Gasteiger partial charge is 0.345 e. The molecule has 1 aromatic heterocycles. The van der Waals surface area contributed by atoms with E-state index in [1.165, 1.54) is 12.1 Å².